The Morgan fingerprint density at radius 2 is 1.89 bits per heavy atom. The first kappa shape index (κ1) is 14.2. The SMILES string of the molecule is FC(F)(F)c1ccccc1OCCCCNC1CC1. The highest BCUT2D eigenvalue weighted by atomic mass is 19.4. The summed E-state index contributed by atoms with van der Waals surface area (Å²) in [5.74, 6) is -0.0786. The normalized spacial score (nSPS) is 15.5. The molecule has 1 saturated carbocycles. The van der Waals surface area contributed by atoms with Crippen molar-refractivity contribution in [1.29, 1.82) is 0 Å². The molecule has 0 atom stereocenters. The Morgan fingerprint density at radius 3 is 2.58 bits per heavy atom. The van der Waals surface area contributed by atoms with Crippen molar-refractivity contribution in [3.05, 3.63) is 29.8 Å². The van der Waals surface area contributed by atoms with E-state index in [4.69, 9.17) is 4.74 Å². The number of halogens is 3. The summed E-state index contributed by atoms with van der Waals surface area (Å²) in [7, 11) is 0. The minimum Gasteiger partial charge on any atom is -0.493 e. The third-order valence-electron chi connectivity index (χ3n) is 3.03. The molecule has 1 fully saturated rings. The van der Waals surface area contributed by atoms with Gasteiger partial charge in [0, 0.05) is 6.04 Å². The van der Waals surface area contributed by atoms with Gasteiger partial charge < -0.3 is 10.1 Å². The zero-order chi connectivity index (χ0) is 13.7. The first-order chi connectivity index (χ1) is 9.07. The van der Waals surface area contributed by atoms with Crippen LogP contribution in [0.1, 0.15) is 31.2 Å². The molecule has 0 radical (unpaired) electrons. The van der Waals surface area contributed by atoms with Crippen molar-refractivity contribution in [1.82, 2.24) is 5.32 Å². The van der Waals surface area contributed by atoms with E-state index in [0.717, 1.165) is 25.5 Å². The fourth-order valence-electron chi connectivity index (χ4n) is 1.83. The maximum Gasteiger partial charge on any atom is 0.419 e. The molecule has 19 heavy (non-hydrogen) atoms. The largest absolute Gasteiger partial charge is 0.493 e. The summed E-state index contributed by atoms with van der Waals surface area (Å²) in [5, 5.41) is 3.36. The quantitative estimate of drug-likeness (QED) is 0.766. The Bertz CT molecular complexity index is 402. The number of unbranched alkanes of at least 4 members (excludes halogenated alkanes) is 1. The highest BCUT2D eigenvalue weighted by Gasteiger charge is 2.33. The molecule has 1 aliphatic carbocycles. The van der Waals surface area contributed by atoms with Crippen molar-refractivity contribution in [3.8, 4) is 5.75 Å². The smallest absolute Gasteiger partial charge is 0.419 e. The van der Waals surface area contributed by atoms with Gasteiger partial charge in [0.2, 0.25) is 0 Å². The number of hydrogen-bond donors (Lipinski definition) is 1. The topological polar surface area (TPSA) is 21.3 Å². The van der Waals surface area contributed by atoms with E-state index in [-0.39, 0.29) is 5.75 Å². The second kappa shape index (κ2) is 6.28. The van der Waals surface area contributed by atoms with Gasteiger partial charge in [0.25, 0.3) is 0 Å². The fraction of sp³-hybridized carbons (Fsp3) is 0.571. The first-order valence-electron chi connectivity index (χ1n) is 6.60. The van der Waals surface area contributed by atoms with E-state index in [0.29, 0.717) is 12.6 Å². The van der Waals surface area contributed by atoms with E-state index < -0.39 is 11.7 Å². The lowest BCUT2D eigenvalue weighted by Gasteiger charge is -2.13. The van der Waals surface area contributed by atoms with Crippen molar-refractivity contribution in [2.24, 2.45) is 0 Å². The Labute approximate surface area is 111 Å². The third kappa shape index (κ3) is 4.74. The number of benzene rings is 1. The van der Waals surface area contributed by atoms with Gasteiger partial charge in [-0.25, -0.2) is 0 Å². The van der Waals surface area contributed by atoms with Gasteiger partial charge in [0.1, 0.15) is 5.75 Å². The van der Waals surface area contributed by atoms with Gasteiger partial charge in [-0.1, -0.05) is 12.1 Å². The summed E-state index contributed by atoms with van der Waals surface area (Å²) in [6, 6.07) is 6.01. The highest BCUT2D eigenvalue weighted by molar-refractivity contribution is 5.35. The van der Waals surface area contributed by atoms with Crippen molar-refractivity contribution in [2.45, 2.75) is 37.9 Å². The minimum atomic E-state index is -4.36. The maximum absolute atomic E-state index is 12.7. The summed E-state index contributed by atoms with van der Waals surface area (Å²) < 4.78 is 43.3. The van der Waals surface area contributed by atoms with Crippen LogP contribution >= 0.6 is 0 Å². The predicted octanol–water partition coefficient (Wildman–Crippen LogP) is 3.62. The van der Waals surface area contributed by atoms with Crippen LogP contribution < -0.4 is 10.1 Å². The van der Waals surface area contributed by atoms with Gasteiger partial charge in [-0.15, -0.1) is 0 Å². The molecule has 0 unspecified atom stereocenters. The lowest BCUT2D eigenvalue weighted by Crippen LogP contribution is -2.18. The molecule has 106 valence electrons. The molecule has 1 N–H and O–H groups in total. The van der Waals surface area contributed by atoms with Crippen LogP contribution in [0, 0.1) is 0 Å². The van der Waals surface area contributed by atoms with Crippen molar-refractivity contribution >= 4 is 0 Å². The Morgan fingerprint density at radius 1 is 1.16 bits per heavy atom. The molecule has 0 heterocycles. The number of rotatable bonds is 7. The number of ether oxygens (including phenoxy) is 1. The monoisotopic (exact) mass is 273 g/mol. The molecule has 5 heteroatoms. The molecule has 0 bridgehead atoms. The van der Waals surface area contributed by atoms with Crippen LogP contribution in [-0.4, -0.2) is 19.2 Å². The average Bonchev–Trinajstić information content (AvgIpc) is 3.17. The van der Waals surface area contributed by atoms with Crippen molar-refractivity contribution in [2.75, 3.05) is 13.2 Å². The molecule has 1 aliphatic rings. The second-order valence-corrected chi connectivity index (χ2v) is 4.78. The van der Waals surface area contributed by atoms with Gasteiger partial charge in [0.05, 0.1) is 12.2 Å². The summed E-state index contributed by atoms with van der Waals surface area (Å²) in [5.41, 5.74) is -0.703. The minimum absolute atomic E-state index is 0.0786. The van der Waals surface area contributed by atoms with Crippen LogP contribution in [0.3, 0.4) is 0 Å². The third-order valence-corrected chi connectivity index (χ3v) is 3.03. The molecule has 0 spiro atoms. The van der Waals surface area contributed by atoms with Gasteiger partial charge in [-0.05, 0) is 44.4 Å². The molecule has 2 rings (SSSR count). The van der Waals surface area contributed by atoms with Gasteiger partial charge in [-0.3, -0.25) is 0 Å². The number of para-hydroxylation sites is 1. The number of alkyl halides is 3. The Balaban J connectivity index is 1.72. The zero-order valence-corrected chi connectivity index (χ0v) is 10.7. The molecule has 0 saturated heterocycles. The standard InChI is InChI=1S/C14H18F3NO/c15-14(16,17)12-5-1-2-6-13(12)19-10-4-3-9-18-11-7-8-11/h1-2,5-6,11,18H,3-4,7-10H2. The van der Waals surface area contributed by atoms with Crippen LogP contribution in [0.4, 0.5) is 13.2 Å². The molecule has 0 amide bonds. The van der Waals surface area contributed by atoms with Gasteiger partial charge in [0.15, 0.2) is 0 Å². The fourth-order valence-corrected chi connectivity index (χ4v) is 1.83. The van der Waals surface area contributed by atoms with Crippen LogP contribution in [0.2, 0.25) is 0 Å². The summed E-state index contributed by atoms with van der Waals surface area (Å²) >= 11 is 0. The van der Waals surface area contributed by atoms with Gasteiger partial charge in [-0.2, -0.15) is 13.2 Å². The van der Waals surface area contributed by atoms with E-state index >= 15 is 0 Å². The Kier molecular flexibility index (Phi) is 4.69. The van der Waals surface area contributed by atoms with Crippen LogP contribution in [0.25, 0.3) is 0 Å². The van der Waals surface area contributed by atoms with Crippen LogP contribution in [0.15, 0.2) is 24.3 Å². The zero-order valence-electron chi connectivity index (χ0n) is 10.7. The summed E-state index contributed by atoms with van der Waals surface area (Å²) in [6.45, 7) is 1.23. The maximum atomic E-state index is 12.7. The predicted molar refractivity (Wildman–Crippen MR) is 67.2 cm³/mol. The molecular weight excluding hydrogens is 255 g/mol. The van der Waals surface area contributed by atoms with Crippen LogP contribution in [-0.2, 0) is 6.18 Å². The van der Waals surface area contributed by atoms with E-state index in [1.54, 1.807) is 6.07 Å². The van der Waals surface area contributed by atoms with Gasteiger partial charge >= 0.3 is 6.18 Å². The van der Waals surface area contributed by atoms with E-state index in [1.165, 1.54) is 25.0 Å². The molecule has 1 aromatic rings. The van der Waals surface area contributed by atoms with E-state index in [2.05, 4.69) is 5.32 Å². The number of nitrogens with one attached hydrogen (secondary N) is 1. The summed E-state index contributed by atoms with van der Waals surface area (Å²) in [6.07, 6.45) is -0.189. The average molecular weight is 273 g/mol. The molecule has 0 aromatic heterocycles. The lowest BCUT2D eigenvalue weighted by atomic mass is 10.2. The molecular formula is C14H18F3NO. The molecule has 2 nitrogen and oxygen atoms in total. The Hall–Kier alpha value is -1.23. The summed E-state index contributed by atoms with van der Waals surface area (Å²) in [4.78, 5) is 0. The van der Waals surface area contributed by atoms with Crippen LogP contribution in [0.5, 0.6) is 5.75 Å². The van der Waals surface area contributed by atoms with E-state index in [1.807, 2.05) is 0 Å². The second-order valence-electron chi connectivity index (χ2n) is 4.78. The van der Waals surface area contributed by atoms with Crippen molar-refractivity contribution in [3.63, 3.8) is 0 Å². The molecule has 1 aromatic carbocycles. The molecule has 0 aliphatic heterocycles. The van der Waals surface area contributed by atoms with E-state index in [9.17, 15) is 13.2 Å². The first-order valence-corrected chi connectivity index (χ1v) is 6.60. The van der Waals surface area contributed by atoms with Crippen molar-refractivity contribution < 1.29 is 17.9 Å². The lowest BCUT2D eigenvalue weighted by molar-refractivity contribution is -0.138. The highest BCUT2D eigenvalue weighted by Crippen LogP contribution is 2.35. The number of hydrogen-bond acceptors (Lipinski definition) is 2.